The largest absolute Gasteiger partial charge is 0.453 e. The quantitative estimate of drug-likeness (QED) is 0.527. The second-order valence-corrected chi connectivity index (χ2v) is 3.44. The zero-order chi connectivity index (χ0) is 9.47. The van der Waals surface area contributed by atoms with Crippen molar-refractivity contribution >= 4 is 12.0 Å². The van der Waals surface area contributed by atoms with Crippen LogP contribution in [0.1, 0.15) is 12.8 Å². The predicted molar refractivity (Wildman–Crippen MR) is 44.1 cm³/mol. The molecule has 2 saturated heterocycles. The van der Waals surface area contributed by atoms with Crippen molar-refractivity contribution in [3.8, 4) is 0 Å². The van der Waals surface area contributed by atoms with E-state index in [-0.39, 0.29) is 5.91 Å². The van der Waals surface area contributed by atoms with Crippen LogP contribution in [0.4, 0.5) is 4.79 Å². The van der Waals surface area contributed by atoms with Crippen molar-refractivity contribution in [3.63, 3.8) is 0 Å². The number of likely N-dealkylation sites (tertiary alicyclic amines) is 1. The van der Waals surface area contributed by atoms with Gasteiger partial charge in [0.1, 0.15) is 5.54 Å². The first kappa shape index (κ1) is 8.34. The van der Waals surface area contributed by atoms with Gasteiger partial charge in [-0.2, -0.15) is 0 Å². The van der Waals surface area contributed by atoms with Crippen molar-refractivity contribution in [2.75, 3.05) is 20.2 Å². The van der Waals surface area contributed by atoms with Gasteiger partial charge < -0.3 is 10.1 Å². The molecule has 0 radical (unpaired) electrons. The van der Waals surface area contributed by atoms with Gasteiger partial charge in [-0.1, -0.05) is 0 Å². The van der Waals surface area contributed by atoms with Crippen LogP contribution in [0.25, 0.3) is 0 Å². The molecule has 2 aliphatic rings. The fraction of sp³-hybridized carbons (Fsp3) is 0.750. The van der Waals surface area contributed by atoms with Crippen LogP contribution in [-0.4, -0.2) is 42.6 Å². The van der Waals surface area contributed by atoms with Gasteiger partial charge in [-0.3, -0.25) is 9.69 Å². The highest BCUT2D eigenvalue weighted by atomic mass is 16.5. The van der Waals surface area contributed by atoms with Crippen molar-refractivity contribution in [2.24, 2.45) is 0 Å². The minimum Gasteiger partial charge on any atom is -0.453 e. The number of methoxy groups -OCH3 is 1. The normalized spacial score (nSPS) is 31.5. The number of nitrogens with one attached hydrogen (secondary N) is 1. The molecule has 2 rings (SSSR count). The number of β-lactam (4-membered cyclic amide) rings is 1. The highest BCUT2D eigenvalue weighted by molar-refractivity contribution is 5.96. The molecule has 0 aromatic rings. The summed E-state index contributed by atoms with van der Waals surface area (Å²) < 4.78 is 4.62. The fourth-order valence-electron chi connectivity index (χ4n) is 2.04. The number of ether oxygens (including phenoxy) is 1. The van der Waals surface area contributed by atoms with Crippen LogP contribution in [0.5, 0.6) is 0 Å². The number of rotatable bonds is 0. The number of carbonyl (C=O) groups is 2. The summed E-state index contributed by atoms with van der Waals surface area (Å²) in [7, 11) is 1.34. The van der Waals surface area contributed by atoms with Crippen LogP contribution in [0, 0.1) is 0 Å². The van der Waals surface area contributed by atoms with Gasteiger partial charge in [0, 0.05) is 6.54 Å². The zero-order valence-electron chi connectivity index (χ0n) is 7.50. The lowest BCUT2D eigenvalue weighted by Crippen LogP contribution is -2.71. The molecule has 13 heavy (non-hydrogen) atoms. The van der Waals surface area contributed by atoms with Crippen molar-refractivity contribution in [1.82, 2.24) is 10.2 Å². The highest BCUT2D eigenvalue weighted by Gasteiger charge is 2.55. The second-order valence-electron chi connectivity index (χ2n) is 3.44. The molecule has 2 aliphatic heterocycles. The molecule has 0 aliphatic carbocycles. The topological polar surface area (TPSA) is 58.6 Å². The average Bonchev–Trinajstić information content (AvgIpc) is 2.60. The molecule has 72 valence electrons. The number of carbonyl (C=O) groups excluding carboxylic acids is 2. The van der Waals surface area contributed by atoms with Gasteiger partial charge in [0.05, 0.1) is 13.7 Å². The van der Waals surface area contributed by atoms with Gasteiger partial charge in [-0.15, -0.1) is 0 Å². The lowest BCUT2D eigenvalue weighted by molar-refractivity contribution is -0.139. The fourth-order valence-corrected chi connectivity index (χ4v) is 2.04. The highest BCUT2D eigenvalue weighted by Crippen LogP contribution is 2.33. The summed E-state index contributed by atoms with van der Waals surface area (Å²) in [4.78, 5) is 24.2. The van der Waals surface area contributed by atoms with E-state index in [4.69, 9.17) is 0 Å². The summed E-state index contributed by atoms with van der Waals surface area (Å²) >= 11 is 0. The lowest BCUT2D eigenvalue weighted by atomic mass is 9.88. The van der Waals surface area contributed by atoms with E-state index in [1.54, 1.807) is 0 Å². The van der Waals surface area contributed by atoms with E-state index >= 15 is 0 Å². The van der Waals surface area contributed by atoms with E-state index in [1.807, 2.05) is 0 Å². The van der Waals surface area contributed by atoms with Gasteiger partial charge in [0.15, 0.2) is 0 Å². The minimum absolute atomic E-state index is 0.0459. The van der Waals surface area contributed by atoms with Crippen LogP contribution in [0.2, 0.25) is 0 Å². The molecule has 1 unspecified atom stereocenters. The van der Waals surface area contributed by atoms with Crippen LogP contribution in [0.15, 0.2) is 0 Å². The van der Waals surface area contributed by atoms with Gasteiger partial charge in [0.2, 0.25) is 5.91 Å². The van der Waals surface area contributed by atoms with E-state index in [9.17, 15) is 9.59 Å². The first-order valence-electron chi connectivity index (χ1n) is 4.34. The maximum Gasteiger partial charge on any atom is 0.410 e. The Morgan fingerprint density at radius 3 is 2.92 bits per heavy atom. The maximum atomic E-state index is 11.3. The Kier molecular flexibility index (Phi) is 1.68. The number of hydrogen-bond donors (Lipinski definition) is 1. The Morgan fingerprint density at radius 2 is 2.46 bits per heavy atom. The zero-order valence-corrected chi connectivity index (χ0v) is 7.50. The molecule has 2 fully saturated rings. The van der Waals surface area contributed by atoms with Gasteiger partial charge in [-0.25, -0.2) is 4.79 Å². The molecule has 2 amide bonds. The van der Waals surface area contributed by atoms with Gasteiger partial charge >= 0.3 is 6.09 Å². The van der Waals surface area contributed by atoms with Crippen molar-refractivity contribution in [3.05, 3.63) is 0 Å². The maximum absolute atomic E-state index is 11.3. The summed E-state index contributed by atoms with van der Waals surface area (Å²) in [5.74, 6) is -0.0459. The van der Waals surface area contributed by atoms with E-state index in [0.717, 1.165) is 12.8 Å². The third kappa shape index (κ3) is 0.928. The third-order valence-corrected chi connectivity index (χ3v) is 2.85. The SMILES string of the molecule is COC(=O)N1CCCC12CNC2=O. The molecule has 2 heterocycles. The number of amides is 2. The monoisotopic (exact) mass is 184 g/mol. The molecule has 5 heteroatoms. The molecular weight excluding hydrogens is 172 g/mol. The standard InChI is InChI=1S/C8H12N2O3/c1-13-7(12)10-4-2-3-8(10)5-9-6(8)11/h2-5H2,1H3,(H,9,11). The van der Waals surface area contributed by atoms with Crippen molar-refractivity contribution < 1.29 is 14.3 Å². The Morgan fingerprint density at radius 1 is 1.69 bits per heavy atom. The Labute approximate surface area is 76.0 Å². The lowest BCUT2D eigenvalue weighted by Gasteiger charge is -2.43. The first-order chi connectivity index (χ1) is 6.20. The van der Waals surface area contributed by atoms with Crippen LogP contribution < -0.4 is 5.32 Å². The smallest absolute Gasteiger partial charge is 0.410 e. The molecule has 1 atom stereocenters. The number of hydrogen-bond acceptors (Lipinski definition) is 3. The van der Waals surface area contributed by atoms with Crippen molar-refractivity contribution in [1.29, 1.82) is 0 Å². The third-order valence-electron chi connectivity index (χ3n) is 2.85. The predicted octanol–water partition coefficient (Wildman–Crippen LogP) is -0.283. The van der Waals surface area contributed by atoms with Crippen LogP contribution in [0.3, 0.4) is 0 Å². The van der Waals surface area contributed by atoms with E-state index in [0.29, 0.717) is 13.1 Å². The van der Waals surface area contributed by atoms with E-state index < -0.39 is 11.6 Å². The molecule has 0 aromatic heterocycles. The summed E-state index contributed by atoms with van der Waals surface area (Å²) in [5, 5.41) is 2.66. The second kappa shape index (κ2) is 2.61. The van der Waals surface area contributed by atoms with E-state index in [1.165, 1.54) is 12.0 Å². The summed E-state index contributed by atoms with van der Waals surface area (Å²) in [5.41, 5.74) is -0.576. The Bertz CT molecular complexity index is 266. The molecule has 5 nitrogen and oxygen atoms in total. The average molecular weight is 184 g/mol. The summed E-state index contributed by atoms with van der Waals surface area (Å²) in [6, 6.07) is 0. The Hall–Kier alpha value is -1.26. The molecular formula is C8H12N2O3. The Balaban J connectivity index is 2.19. The molecule has 1 N–H and O–H groups in total. The van der Waals surface area contributed by atoms with Crippen molar-refractivity contribution in [2.45, 2.75) is 18.4 Å². The van der Waals surface area contributed by atoms with Gasteiger partial charge in [-0.05, 0) is 12.8 Å². The minimum atomic E-state index is -0.576. The molecule has 0 aromatic carbocycles. The molecule has 0 bridgehead atoms. The van der Waals surface area contributed by atoms with Gasteiger partial charge in [0.25, 0.3) is 0 Å². The number of nitrogens with zero attached hydrogens (tertiary/aromatic N) is 1. The van der Waals surface area contributed by atoms with Crippen LogP contribution >= 0.6 is 0 Å². The summed E-state index contributed by atoms with van der Waals surface area (Å²) in [6.07, 6.45) is 1.24. The van der Waals surface area contributed by atoms with E-state index in [2.05, 4.69) is 10.1 Å². The first-order valence-corrected chi connectivity index (χ1v) is 4.34. The molecule has 0 saturated carbocycles. The van der Waals surface area contributed by atoms with Crippen LogP contribution in [-0.2, 0) is 9.53 Å². The summed E-state index contributed by atoms with van der Waals surface area (Å²) in [6.45, 7) is 1.20. The molecule has 1 spiro atoms.